The standard InChI is InChI=1S/C12H13F3O4/c13-12(14,15)19-10-7-18-11(17-6-9(10)16)8-4-2-1-3-5-8/h1-5,9-11,16H,6-7H2/t9-,10-,11-/m1/s1. The first kappa shape index (κ1) is 14.3. The summed E-state index contributed by atoms with van der Waals surface area (Å²) in [5.41, 5.74) is 0.669. The number of halogens is 3. The van der Waals surface area contributed by atoms with Gasteiger partial charge in [-0.25, -0.2) is 0 Å². The Labute approximate surface area is 107 Å². The lowest BCUT2D eigenvalue weighted by Crippen LogP contribution is -2.38. The average molecular weight is 278 g/mol. The summed E-state index contributed by atoms with van der Waals surface area (Å²) in [6.45, 7) is -0.694. The zero-order chi connectivity index (χ0) is 13.9. The summed E-state index contributed by atoms with van der Waals surface area (Å²) in [4.78, 5) is 0. The van der Waals surface area contributed by atoms with E-state index in [1.807, 2.05) is 0 Å². The molecule has 1 aromatic rings. The fraction of sp³-hybridized carbons (Fsp3) is 0.500. The molecular weight excluding hydrogens is 265 g/mol. The Kier molecular flexibility index (Phi) is 4.41. The fourth-order valence-corrected chi connectivity index (χ4v) is 1.72. The van der Waals surface area contributed by atoms with Gasteiger partial charge in [-0.2, -0.15) is 0 Å². The van der Waals surface area contributed by atoms with Crippen molar-refractivity contribution in [2.75, 3.05) is 13.2 Å². The molecule has 1 fully saturated rings. The lowest BCUT2D eigenvalue weighted by Gasteiger charge is -2.20. The van der Waals surface area contributed by atoms with Crippen LogP contribution in [0.1, 0.15) is 11.9 Å². The van der Waals surface area contributed by atoms with E-state index in [0.29, 0.717) is 5.56 Å². The molecule has 7 heteroatoms. The zero-order valence-electron chi connectivity index (χ0n) is 9.84. The van der Waals surface area contributed by atoms with Crippen molar-refractivity contribution in [3.05, 3.63) is 35.9 Å². The molecule has 1 aliphatic heterocycles. The minimum absolute atomic E-state index is 0.291. The number of benzene rings is 1. The smallest absolute Gasteiger partial charge is 0.388 e. The van der Waals surface area contributed by atoms with Crippen LogP contribution in [-0.4, -0.2) is 36.9 Å². The average Bonchev–Trinajstić information content (AvgIpc) is 2.52. The third kappa shape index (κ3) is 4.17. The maximum absolute atomic E-state index is 12.1. The summed E-state index contributed by atoms with van der Waals surface area (Å²) in [6.07, 6.45) is -8.51. The highest BCUT2D eigenvalue weighted by Crippen LogP contribution is 2.27. The second-order valence-electron chi connectivity index (χ2n) is 4.08. The van der Waals surface area contributed by atoms with Gasteiger partial charge in [0.15, 0.2) is 6.29 Å². The van der Waals surface area contributed by atoms with E-state index < -0.39 is 31.5 Å². The highest BCUT2D eigenvalue weighted by molar-refractivity contribution is 5.16. The largest absolute Gasteiger partial charge is 0.522 e. The monoisotopic (exact) mass is 278 g/mol. The topological polar surface area (TPSA) is 47.9 Å². The van der Waals surface area contributed by atoms with Crippen LogP contribution in [0.15, 0.2) is 30.3 Å². The Morgan fingerprint density at radius 1 is 1.11 bits per heavy atom. The minimum atomic E-state index is -4.82. The summed E-state index contributed by atoms with van der Waals surface area (Å²) in [5, 5.41) is 9.55. The normalized spacial score (nSPS) is 28.9. The van der Waals surface area contributed by atoms with E-state index >= 15 is 0 Å². The van der Waals surface area contributed by atoms with Crippen molar-refractivity contribution in [2.24, 2.45) is 0 Å². The molecule has 0 radical (unpaired) electrons. The van der Waals surface area contributed by atoms with Crippen molar-refractivity contribution in [2.45, 2.75) is 24.9 Å². The van der Waals surface area contributed by atoms with Crippen LogP contribution in [0.5, 0.6) is 0 Å². The Balaban J connectivity index is 2.01. The van der Waals surface area contributed by atoms with Gasteiger partial charge in [-0.15, -0.1) is 13.2 Å². The van der Waals surface area contributed by atoms with Crippen LogP contribution in [0.25, 0.3) is 0 Å². The molecule has 1 N–H and O–H groups in total. The zero-order valence-corrected chi connectivity index (χ0v) is 9.84. The number of hydrogen-bond acceptors (Lipinski definition) is 4. The lowest BCUT2D eigenvalue weighted by molar-refractivity contribution is -0.354. The van der Waals surface area contributed by atoms with Gasteiger partial charge in [0.2, 0.25) is 0 Å². The highest BCUT2D eigenvalue weighted by Gasteiger charge is 2.39. The van der Waals surface area contributed by atoms with E-state index in [9.17, 15) is 18.3 Å². The molecule has 0 aromatic heterocycles. The van der Waals surface area contributed by atoms with Gasteiger partial charge in [0.1, 0.15) is 12.2 Å². The molecule has 0 bridgehead atoms. The van der Waals surface area contributed by atoms with Crippen LogP contribution in [0, 0.1) is 0 Å². The molecule has 0 amide bonds. The molecule has 4 nitrogen and oxygen atoms in total. The van der Waals surface area contributed by atoms with Crippen LogP contribution in [0.2, 0.25) is 0 Å². The van der Waals surface area contributed by atoms with E-state index in [1.54, 1.807) is 30.3 Å². The minimum Gasteiger partial charge on any atom is -0.388 e. The number of aliphatic hydroxyl groups excluding tert-OH is 1. The van der Waals surface area contributed by atoms with Crippen LogP contribution >= 0.6 is 0 Å². The van der Waals surface area contributed by atoms with Gasteiger partial charge in [-0.05, 0) is 0 Å². The molecule has 0 saturated carbocycles. The molecule has 3 atom stereocenters. The number of ether oxygens (including phenoxy) is 3. The third-order valence-electron chi connectivity index (χ3n) is 2.62. The molecule has 1 heterocycles. The summed E-state index contributed by atoms with van der Waals surface area (Å²) < 4.78 is 50.6. The fourth-order valence-electron chi connectivity index (χ4n) is 1.72. The third-order valence-corrected chi connectivity index (χ3v) is 2.62. The van der Waals surface area contributed by atoms with E-state index in [-0.39, 0.29) is 6.61 Å². The van der Waals surface area contributed by atoms with Crippen LogP contribution in [-0.2, 0) is 14.2 Å². The van der Waals surface area contributed by atoms with Crippen molar-refractivity contribution in [1.82, 2.24) is 0 Å². The molecule has 0 unspecified atom stereocenters. The Bertz CT molecular complexity index is 396. The maximum Gasteiger partial charge on any atom is 0.522 e. The van der Waals surface area contributed by atoms with Gasteiger partial charge in [-0.3, -0.25) is 4.74 Å². The van der Waals surface area contributed by atoms with Gasteiger partial charge < -0.3 is 14.6 Å². The van der Waals surface area contributed by atoms with Crippen LogP contribution in [0.3, 0.4) is 0 Å². The number of rotatable bonds is 2. The summed E-state index contributed by atoms with van der Waals surface area (Å²) >= 11 is 0. The second kappa shape index (κ2) is 5.87. The van der Waals surface area contributed by atoms with Gasteiger partial charge in [0.05, 0.1) is 13.2 Å². The quantitative estimate of drug-likeness (QED) is 0.899. The van der Waals surface area contributed by atoms with E-state index in [4.69, 9.17) is 9.47 Å². The molecule has 0 aliphatic carbocycles. The van der Waals surface area contributed by atoms with E-state index in [1.165, 1.54) is 0 Å². The van der Waals surface area contributed by atoms with Crippen molar-refractivity contribution in [3.63, 3.8) is 0 Å². The van der Waals surface area contributed by atoms with Gasteiger partial charge in [0, 0.05) is 5.56 Å². The van der Waals surface area contributed by atoms with Gasteiger partial charge in [-0.1, -0.05) is 30.3 Å². The molecule has 2 rings (SSSR count). The molecule has 106 valence electrons. The first-order valence-electron chi connectivity index (χ1n) is 5.66. The maximum atomic E-state index is 12.1. The molecule has 19 heavy (non-hydrogen) atoms. The summed E-state index contributed by atoms with van der Waals surface area (Å²) in [6, 6.07) is 8.76. The van der Waals surface area contributed by atoms with Crippen molar-refractivity contribution in [1.29, 1.82) is 0 Å². The molecule has 1 saturated heterocycles. The van der Waals surface area contributed by atoms with E-state index in [2.05, 4.69) is 4.74 Å². The molecule has 1 aromatic carbocycles. The SMILES string of the molecule is O[C@@H]1CO[C@@H](c2ccccc2)OC[C@H]1OC(F)(F)F. The molecule has 0 spiro atoms. The predicted octanol–water partition coefficient (Wildman–Crippen LogP) is 2.00. The molecule has 1 aliphatic rings. The van der Waals surface area contributed by atoms with Crippen molar-refractivity contribution in [3.8, 4) is 0 Å². The first-order valence-corrected chi connectivity index (χ1v) is 5.66. The van der Waals surface area contributed by atoms with Gasteiger partial charge in [0.25, 0.3) is 0 Å². The summed E-state index contributed by atoms with van der Waals surface area (Å²) in [7, 11) is 0. The second-order valence-corrected chi connectivity index (χ2v) is 4.08. The number of hydrogen-bond donors (Lipinski definition) is 1. The number of aliphatic hydroxyl groups is 1. The highest BCUT2D eigenvalue weighted by atomic mass is 19.4. The Hall–Kier alpha value is -1.15. The van der Waals surface area contributed by atoms with Gasteiger partial charge >= 0.3 is 6.36 Å². The van der Waals surface area contributed by atoms with Crippen LogP contribution in [0.4, 0.5) is 13.2 Å². The van der Waals surface area contributed by atoms with Crippen molar-refractivity contribution < 1.29 is 32.5 Å². The first-order chi connectivity index (χ1) is 8.96. The van der Waals surface area contributed by atoms with E-state index in [0.717, 1.165) is 0 Å². The van der Waals surface area contributed by atoms with Crippen LogP contribution < -0.4 is 0 Å². The molecular formula is C12H13F3O4. The summed E-state index contributed by atoms with van der Waals surface area (Å²) in [5.74, 6) is 0. The number of alkyl halides is 3. The van der Waals surface area contributed by atoms with Crippen molar-refractivity contribution >= 4 is 0 Å². The Morgan fingerprint density at radius 2 is 1.74 bits per heavy atom. The Morgan fingerprint density at radius 3 is 2.37 bits per heavy atom. The lowest BCUT2D eigenvalue weighted by atomic mass is 10.2. The predicted molar refractivity (Wildman–Crippen MR) is 58.0 cm³/mol.